The van der Waals surface area contributed by atoms with Crippen LogP contribution in [0.15, 0.2) is 47.4 Å². The van der Waals surface area contributed by atoms with Crippen molar-refractivity contribution in [2.45, 2.75) is 30.1 Å². The number of benzene rings is 1. The summed E-state index contributed by atoms with van der Waals surface area (Å²) in [6.45, 7) is 3.09. The van der Waals surface area contributed by atoms with Gasteiger partial charge in [0.25, 0.3) is 0 Å². The maximum absolute atomic E-state index is 12.6. The Bertz CT molecular complexity index is 995. The van der Waals surface area contributed by atoms with Crippen LogP contribution >= 0.6 is 11.8 Å². The number of hydrogen-bond acceptors (Lipinski definition) is 6. The van der Waals surface area contributed by atoms with Crippen molar-refractivity contribution in [3.63, 3.8) is 0 Å². The molecule has 0 N–H and O–H groups in total. The number of rotatable bonds is 6. The van der Waals surface area contributed by atoms with Crippen LogP contribution in [0.4, 0.5) is 5.82 Å². The van der Waals surface area contributed by atoms with Crippen LogP contribution in [0.25, 0.3) is 5.65 Å². The minimum absolute atomic E-state index is 0.242. The van der Waals surface area contributed by atoms with Gasteiger partial charge < -0.3 is 9.80 Å². The van der Waals surface area contributed by atoms with Crippen LogP contribution in [0.3, 0.4) is 0 Å². The lowest BCUT2D eigenvalue weighted by atomic mass is 10.3. The Labute approximate surface area is 174 Å². The van der Waals surface area contributed by atoms with Crippen molar-refractivity contribution < 1.29 is 4.79 Å². The Morgan fingerprint density at radius 2 is 1.79 bits per heavy atom. The second-order valence-electron chi connectivity index (χ2n) is 7.57. The number of piperazine rings is 1. The Balaban J connectivity index is 1.15. The van der Waals surface area contributed by atoms with Crippen molar-refractivity contribution >= 4 is 29.1 Å². The third kappa shape index (κ3) is 4.07. The van der Waals surface area contributed by atoms with E-state index in [2.05, 4.69) is 27.2 Å². The van der Waals surface area contributed by atoms with E-state index in [4.69, 9.17) is 5.10 Å². The van der Waals surface area contributed by atoms with Gasteiger partial charge in [0.1, 0.15) is 5.82 Å². The summed E-state index contributed by atoms with van der Waals surface area (Å²) < 4.78 is 1.89. The molecule has 1 saturated heterocycles. The highest BCUT2D eigenvalue weighted by molar-refractivity contribution is 7.99. The molecular formula is C21H24N6OS. The molecule has 0 radical (unpaired) electrons. The van der Waals surface area contributed by atoms with E-state index in [1.165, 1.54) is 17.7 Å². The lowest BCUT2D eigenvalue weighted by Gasteiger charge is -2.35. The Hall–Kier alpha value is -2.61. The van der Waals surface area contributed by atoms with E-state index in [0.717, 1.165) is 49.2 Å². The molecule has 7 nitrogen and oxygen atoms in total. The normalized spacial score (nSPS) is 17.1. The van der Waals surface area contributed by atoms with Crippen LogP contribution in [0.1, 0.15) is 31.0 Å². The summed E-state index contributed by atoms with van der Waals surface area (Å²) in [4.78, 5) is 18.0. The quantitative estimate of drug-likeness (QED) is 0.585. The SMILES string of the molecule is O=C(CCSc1ccccc1)N1CCN(c2ccc3nnc(C4CC4)n3n2)CC1. The highest BCUT2D eigenvalue weighted by atomic mass is 32.2. The largest absolute Gasteiger partial charge is 0.352 e. The molecule has 150 valence electrons. The van der Waals surface area contributed by atoms with Crippen molar-refractivity contribution in [1.82, 2.24) is 24.7 Å². The third-order valence-electron chi connectivity index (χ3n) is 5.50. The zero-order valence-corrected chi connectivity index (χ0v) is 17.1. The fraction of sp³-hybridized carbons (Fsp3) is 0.429. The maximum atomic E-state index is 12.6. The first kappa shape index (κ1) is 18.4. The number of nitrogens with zero attached hydrogens (tertiary/aromatic N) is 6. The molecule has 1 amide bonds. The van der Waals surface area contributed by atoms with E-state index in [-0.39, 0.29) is 5.91 Å². The average molecular weight is 409 g/mol. The van der Waals surface area contributed by atoms with E-state index in [1.54, 1.807) is 11.8 Å². The minimum Gasteiger partial charge on any atom is -0.352 e. The molecule has 1 aliphatic carbocycles. The molecule has 1 aliphatic heterocycles. The number of hydrogen-bond donors (Lipinski definition) is 0. The van der Waals surface area contributed by atoms with Gasteiger partial charge in [-0.1, -0.05) is 18.2 Å². The molecule has 0 spiro atoms. The van der Waals surface area contributed by atoms with Crippen LogP contribution in [0.5, 0.6) is 0 Å². The number of carbonyl (C=O) groups excluding carboxylic acids is 1. The molecule has 29 heavy (non-hydrogen) atoms. The van der Waals surface area contributed by atoms with E-state index >= 15 is 0 Å². The van der Waals surface area contributed by atoms with Crippen molar-refractivity contribution in [3.05, 3.63) is 48.3 Å². The zero-order valence-electron chi connectivity index (χ0n) is 16.3. The molecule has 2 fully saturated rings. The molecule has 0 bridgehead atoms. The number of thioether (sulfide) groups is 1. The standard InChI is InChI=1S/C21H24N6OS/c28-20(10-15-29-17-4-2-1-3-5-17)26-13-11-25(12-14-26)19-9-8-18-22-23-21(16-6-7-16)27(18)24-19/h1-5,8-9,16H,6-7,10-15H2. The summed E-state index contributed by atoms with van der Waals surface area (Å²) in [5.41, 5.74) is 0.806. The Morgan fingerprint density at radius 3 is 2.55 bits per heavy atom. The second-order valence-corrected chi connectivity index (χ2v) is 8.74. The van der Waals surface area contributed by atoms with Gasteiger partial charge in [-0.25, -0.2) is 0 Å². The highest BCUT2D eigenvalue weighted by Crippen LogP contribution is 2.38. The van der Waals surface area contributed by atoms with Crippen LogP contribution in [0.2, 0.25) is 0 Å². The Kier molecular flexibility index (Phi) is 5.10. The average Bonchev–Trinajstić information content (AvgIpc) is 3.53. The third-order valence-corrected chi connectivity index (χ3v) is 6.51. The van der Waals surface area contributed by atoms with E-state index in [9.17, 15) is 4.79 Å². The van der Waals surface area contributed by atoms with Gasteiger partial charge in [-0.3, -0.25) is 4.79 Å². The van der Waals surface area contributed by atoms with Crippen molar-refractivity contribution in [2.75, 3.05) is 36.8 Å². The van der Waals surface area contributed by atoms with Crippen molar-refractivity contribution in [2.24, 2.45) is 0 Å². The molecule has 1 saturated carbocycles. The predicted octanol–water partition coefficient (Wildman–Crippen LogP) is 2.83. The topological polar surface area (TPSA) is 66.6 Å². The van der Waals surface area contributed by atoms with Gasteiger partial charge in [-0.15, -0.1) is 27.1 Å². The summed E-state index contributed by atoms with van der Waals surface area (Å²) in [5, 5.41) is 13.3. The smallest absolute Gasteiger partial charge is 0.223 e. The van der Waals surface area contributed by atoms with Gasteiger partial charge in [0.05, 0.1) is 0 Å². The van der Waals surface area contributed by atoms with Crippen LogP contribution in [0, 0.1) is 0 Å². The zero-order chi connectivity index (χ0) is 19.6. The van der Waals surface area contributed by atoms with Gasteiger partial charge in [-0.05, 0) is 37.1 Å². The minimum atomic E-state index is 0.242. The van der Waals surface area contributed by atoms with Gasteiger partial charge >= 0.3 is 0 Å². The maximum Gasteiger partial charge on any atom is 0.223 e. The molecule has 0 unspecified atom stereocenters. The molecule has 3 heterocycles. The number of anilines is 1. The molecular weight excluding hydrogens is 384 g/mol. The summed E-state index contributed by atoms with van der Waals surface area (Å²) in [6, 6.07) is 14.2. The van der Waals surface area contributed by atoms with Crippen molar-refractivity contribution in [1.29, 1.82) is 0 Å². The summed E-state index contributed by atoms with van der Waals surface area (Å²) >= 11 is 1.74. The number of fused-ring (bicyclic) bond motifs is 1. The molecule has 2 aliphatic rings. The molecule has 0 atom stereocenters. The number of carbonyl (C=O) groups is 1. The number of aromatic nitrogens is 4. The fourth-order valence-electron chi connectivity index (χ4n) is 3.68. The lowest BCUT2D eigenvalue weighted by molar-refractivity contribution is -0.131. The molecule has 3 aromatic rings. The van der Waals surface area contributed by atoms with Crippen LogP contribution < -0.4 is 4.90 Å². The first-order valence-corrected chi connectivity index (χ1v) is 11.2. The highest BCUT2D eigenvalue weighted by Gasteiger charge is 2.29. The lowest BCUT2D eigenvalue weighted by Crippen LogP contribution is -2.49. The first-order valence-electron chi connectivity index (χ1n) is 10.2. The van der Waals surface area contributed by atoms with Gasteiger partial charge in [-0.2, -0.15) is 4.52 Å². The van der Waals surface area contributed by atoms with Crippen LogP contribution in [-0.2, 0) is 4.79 Å². The monoisotopic (exact) mass is 408 g/mol. The molecule has 2 aromatic heterocycles. The van der Waals surface area contributed by atoms with Gasteiger partial charge in [0.2, 0.25) is 5.91 Å². The van der Waals surface area contributed by atoms with Gasteiger partial charge in [0.15, 0.2) is 11.5 Å². The fourth-order valence-corrected chi connectivity index (χ4v) is 4.54. The molecule has 8 heteroatoms. The van der Waals surface area contributed by atoms with Crippen molar-refractivity contribution in [3.8, 4) is 0 Å². The first-order chi connectivity index (χ1) is 14.3. The van der Waals surface area contributed by atoms with E-state index in [1.807, 2.05) is 39.7 Å². The molecule has 1 aromatic carbocycles. The van der Waals surface area contributed by atoms with Crippen LogP contribution in [-0.4, -0.2) is 62.6 Å². The predicted molar refractivity (Wildman–Crippen MR) is 113 cm³/mol. The molecule has 5 rings (SSSR count). The van der Waals surface area contributed by atoms with E-state index in [0.29, 0.717) is 12.3 Å². The Morgan fingerprint density at radius 1 is 1.00 bits per heavy atom. The number of amides is 1. The summed E-state index contributed by atoms with van der Waals surface area (Å²) in [7, 11) is 0. The summed E-state index contributed by atoms with van der Waals surface area (Å²) in [5.74, 6) is 3.48. The summed E-state index contributed by atoms with van der Waals surface area (Å²) in [6.07, 6.45) is 2.93. The second kappa shape index (κ2) is 8.02. The van der Waals surface area contributed by atoms with Gasteiger partial charge in [0, 0.05) is 49.2 Å². The van der Waals surface area contributed by atoms with E-state index < -0.39 is 0 Å².